The fourth-order valence-electron chi connectivity index (χ4n) is 2.15. The first-order chi connectivity index (χ1) is 5.31. The Morgan fingerprint density at radius 3 is 2.73 bits per heavy atom. The minimum atomic E-state index is 0.211. The second kappa shape index (κ2) is 2.77. The zero-order valence-corrected chi connectivity index (χ0v) is 8.24. The molecular formula is C8H10INO. The molecule has 1 fully saturated rings. The van der Waals surface area contributed by atoms with Crippen LogP contribution in [0.25, 0.3) is 0 Å². The molecule has 0 radical (unpaired) electrons. The fraction of sp³-hybridized carbons (Fsp3) is 0.625. The van der Waals surface area contributed by atoms with Gasteiger partial charge in [-0.2, -0.15) is 0 Å². The van der Waals surface area contributed by atoms with Crippen molar-refractivity contribution in [2.45, 2.75) is 12.8 Å². The smallest absolute Gasteiger partial charge is 0.232 e. The number of carbonyl (C=O) groups excluding carboxylic acids is 1. The molecule has 0 aromatic rings. The number of allylic oxidation sites excluding steroid dienone is 2. The average Bonchev–Trinajstić information content (AvgIpc) is 2.62. The molecule has 0 aromatic carbocycles. The van der Waals surface area contributed by atoms with E-state index in [2.05, 4.69) is 15.7 Å². The Morgan fingerprint density at radius 2 is 2.27 bits per heavy atom. The van der Waals surface area contributed by atoms with Crippen LogP contribution in [-0.2, 0) is 4.79 Å². The first-order valence-corrected chi connectivity index (χ1v) is 4.98. The SMILES string of the molecule is O=C(NI)C1CC2C=CC1C2. The van der Waals surface area contributed by atoms with E-state index >= 15 is 0 Å². The summed E-state index contributed by atoms with van der Waals surface area (Å²) in [6, 6.07) is 0. The number of fused-ring (bicyclic) bond motifs is 2. The van der Waals surface area contributed by atoms with Gasteiger partial charge in [-0.15, -0.1) is 0 Å². The van der Waals surface area contributed by atoms with Gasteiger partial charge in [0.15, 0.2) is 0 Å². The van der Waals surface area contributed by atoms with Gasteiger partial charge in [-0.3, -0.25) is 8.32 Å². The topological polar surface area (TPSA) is 29.1 Å². The third-order valence-electron chi connectivity index (χ3n) is 2.71. The highest BCUT2D eigenvalue weighted by Crippen LogP contribution is 2.43. The molecule has 3 atom stereocenters. The summed E-state index contributed by atoms with van der Waals surface area (Å²) < 4.78 is 2.69. The molecule has 0 spiro atoms. The van der Waals surface area contributed by atoms with Crippen LogP contribution in [0.5, 0.6) is 0 Å². The maximum absolute atomic E-state index is 11.3. The Balaban J connectivity index is 2.08. The Labute approximate surface area is 79.9 Å². The van der Waals surface area contributed by atoms with Crippen molar-refractivity contribution in [1.82, 2.24) is 3.53 Å². The van der Waals surface area contributed by atoms with Gasteiger partial charge in [0.25, 0.3) is 0 Å². The summed E-state index contributed by atoms with van der Waals surface area (Å²) >= 11 is 1.92. The summed E-state index contributed by atoms with van der Waals surface area (Å²) in [4.78, 5) is 11.3. The summed E-state index contributed by atoms with van der Waals surface area (Å²) in [6.45, 7) is 0. The summed E-state index contributed by atoms with van der Waals surface area (Å²) in [5.74, 6) is 1.71. The summed E-state index contributed by atoms with van der Waals surface area (Å²) in [5, 5.41) is 0. The van der Waals surface area contributed by atoms with Gasteiger partial charge in [-0.05, 0) is 24.7 Å². The minimum Gasteiger partial charge on any atom is -0.299 e. The van der Waals surface area contributed by atoms with E-state index in [1.165, 1.54) is 6.42 Å². The molecule has 0 saturated heterocycles. The molecule has 2 bridgehead atoms. The van der Waals surface area contributed by atoms with Crippen LogP contribution in [0.2, 0.25) is 0 Å². The van der Waals surface area contributed by atoms with Gasteiger partial charge in [0, 0.05) is 5.92 Å². The van der Waals surface area contributed by atoms with E-state index in [9.17, 15) is 4.79 Å². The molecule has 2 rings (SSSR count). The Bertz CT molecular complexity index is 214. The third-order valence-corrected chi connectivity index (χ3v) is 3.24. The van der Waals surface area contributed by atoms with E-state index in [0.717, 1.165) is 6.42 Å². The van der Waals surface area contributed by atoms with Crippen molar-refractivity contribution >= 4 is 28.8 Å². The predicted molar refractivity (Wildman–Crippen MR) is 51.0 cm³/mol. The molecule has 0 heterocycles. The van der Waals surface area contributed by atoms with E-state index in [0.29, 0.717) is 11.8 Å². The first-order valence-electron chi connectivity index (χ1n) is 3.90. The predicted octanol–water partition coefficient (Wildman–Crippen LogP) is 1.66. The van der Waals surface area contributed by atoms with Gasteiger partial charge in [0.05, 0.1) is 22.9 Å². The molecule has 2 aliphatic carbocycles. The van der Waals surface area contributed by atoms with Crippen LogP contribution in [0, 0.1) is 17.8 Å². The van der Waals surface area contributed by atoms with Crippen molar-refractivity contribution in [2.75, 3.05) is 0 Å². The van der Waals surface area contributed by atoms with Crippen LogP contribution in [0.3, 0.4) is 0 Å². The van der Waals surface area contributed by atoms with Crippen LogP contribution >= 0.6 is 22.9 Å². The number of hydrogen-bond donors (Lipinski definition) is 1. The Morgan fingerprint density at radius 1 is 1.45 bits per heavy atom. The van der Waals surface area contributed by atoms with Gasteiger partial charge in [0.2, 0.25) is 5.91 Å². The number of hydrogen-bond acceptors (Lipinski definition) is 1. The first kappa shape index (κ1) is 7.58. The molecular weight excluding hydrogens is 253 g/mol. The van der Waals surface area contributed by atoms with Crippen LogP contribution in [0.15, 0.2) is 12.2 Å². The van der Waals surface area contributed by atoms with Crippen LogP contribution in [0.4, 0.5) is 0 Å². The minimum absolute atomic E-state index is 0.211. The standard InChI is InChI=1S/C8H10INO/c9-10-8(11)7-4-5-1-2-6(7)3-5/h1-2,5-7H,3-4H2,(H,10,11). The molecule has 2 nitrogen and oxygen atoms in total. The number of halogens is 1. The lowest BCUT2D eigenvalue weighted by atomic mass is 9.93. The van der Waals surface area contributed by atoms with Crippen LogP contribution in [-0.4, -0.2) is 5.91 Å². The van der Waals surface area contributed by atoms with E-state index in [4.69, 9.17) is 0 Å². The average molecular weight is 263 g/mol. The normalized spacial score (nSPS) is 39.5. The summed E-state index contributed by atoms with van der Waals surface area (Å²) in [5.41, 5.74) is 0. The van der Waals surface area contributed by atoms with E-state index in [-0.39, 0.29) is 11.8 Å². The molecule has 1 saturated carbocycles. The zero-order valence-electron chi connectivity index (χ0n) is 6.09. The molecule has 1 amide bonds. The molecule has 11 heavy (non-hydrogen) atoms. The van der Waals surface area contributed by atoms with Gasteiger partial charge < -0.3 is 0 Å². The maximum atomic E-state index is 11.3. The largest absolute Gasteiger partial charge is 0.299 e. The highest BCUT2D eigenvalue weighted by atomic mass is 127. The quantitative estimate of drug-likeness (QED) is 0.435. The molecule has 3 heteroatoms. The molecule has 0 aromatic heterocycles. The third kappa shape index (κ3) is 1.19. The van der Waals surface area contributed by atoms with E-state index in [1.54, 1.807) is 0 Å². The van der Waals surface area contributed by atoms with E-state index in [1.807, 2.05) is 22.9 Å². The van der Waals surface area contributed by atoms with Crippen LogP contribution in [0.1, 0.15) is 12.8 Å². The highest BCUT2D eigenvalue weighted by molar-refractivity contribution is 14.1. The number of amides is 1. The lowest BCUT2D eigenvalue weighted by molar-refractivity contribution is -0.123. The Hall–Kier alpha value is -0.0600. The lowest BCUT2D eigenvalue weighted by Crippen LogP contribution is -2.26. The van der Waals surface area contributed by atoms with Gasteiger partial charge in [0.1, 0.15) is 0 Å². The zero-order chi connectivity index (χ0) is 7.84. The van der Waals surface area contributed by atoms with Crippen molar-refractivity contribution in [3.8, 4) is 0 Å². The molecule has 3 unspecified atom stereocenters. The summed E-state index contributed by atoms with van der Waals surface area (Å²) in [6.07, 6.45) is 6.72. The number of rotatable bonds is 1. The monoisotopic (exact) mass is 263 g/mol. The summed E-state index contributed by atoms with van der Waals surface area (Å²) in [7, 11) is 0. The van der Waals surface area contributed by atoms with Crippen molar-refractivity contribution in [3.63, 3.8) is 0 Å². The molecule has 2 aliphatic rings. The van der Waals surface area contributed by atoms with Crippen molar-refractivity contribution < 1.29 is 4.79 Å². The Kier molecular flexibility index (Phi) is 1.91. The van der Waals surface area contributed by atoms with Crippen molar-refractivity contribution in [3.05, 3.63) is 12.2 Å². The molecule has 1 N–H and O–H groups in total. The lowest BCUT2D eigenvalue weighted by Gasteiger charge is -2.14. The second-order valence-corrected chi connectivity index (χ2v) is 3.88. The maximum Gasteiger partial charge on any atom is 0.232 e. The van der Waals surface area contributed by atoms with E-state index < -0.39 is 0 Å². The number of carbonyl (C=O) groups is 1. The van der Waals surface area contributed by atoms with Gasteiger partial charge in [-0.25, -0.2) is 0 Å². The van der Waals surface area contributed by atoms with Crippen LogP contribution < -0.4 is 3.53 Å². The fourth-order valence-corrected chi connectivity index (χ4v) is 2.55. The van der Waals surface area contributed by atoms with Crippen molar-refractivity contribution in [1.29, 1.82) is 0 Å². The van der Waals surface area contributed by atoms with Gasteiger partial charge >= 0.3 is 0 Å². The van der Waals surface area contributed by atoms with Crippen molar-refractivity contribution in [2.24, 2.45) is 17.8 Å². The highest BCUT2D eigenvalue weighted by Gasteiger charge is 2.39. The second-order valence-electron chi connectivity index (χ2n) is 3.35. The molecule has 60 valence electrons. The molecule has 0 aliphatic heterocycles. The van der Waals surface area contributed by atoms with Gasteiger partial charge in [-0.1, -0.05) is 12.2 Å². The number of nitrogens with one attached hydrogen (secondary N) is 1.